The van der Waals surface area contributed by atoms with Gasteiger partial charge in [-0.15, -0.1) is 5.10 Å². The normalized spacial score (nSPS) is 14.7. The van der Waals surface area contributed by atoms with Gasteiger partial charge in [0.15, 0.2) is 5.82 Å². The van der Waals surface area contributed by atoms with E-state index in [1.807, 2.05) is 29.1 Å². The van der Waals surface area contributed by atoms with Crippen LogP contribution in [-0.2, 0) is 0 Å². The minimum atomic E-state index is -0.650. The maximum atomic E-state index is 15.0. The van der Waals surface area contributed by atoms with Gasteiger partial charge >= 0.3 is 0 Å². The zero-order valence-corrected chi connectivity index (χ0v) is 30.0. The van der Waals surface area contributed by atoms with Crippen LogP contribution in [0.25, 0.3) is 10.9 Å². The number of hydrogen-bond acceptors (Lipinski definition) is 8. The molecule has 10 nitrogen and oxygen atoms in total. The van der Waals surface area contributed by atoms with E-state index in [2.05, 4.69) is 57.7 Å². The number of piperidine rings is 1. The Morgan fingerprint density at radius 3 is 2.52 bits per heavy atom. The molecule has 1 aliphatic rings. The molecule has 6 rings (SSSR count). The molecular weight excluding hydrogens is 676 g/mol. The molecule has 1 amide bonds. The molecule has 0 spiro atoms. The highest BCUT2D eigenvalue weighted by atomic mass is 35.5. The van der Waals surface area contributed by atoms with Gasteiger partial charge in [-0.3, -0.25) is 14.7 Å². The number of halogens is 3. The average Bonchev–Trinajstić information content (AvgIpc) is 3.59. The van der Waals surface area contributed by atoms with Crippen LogP contribution in [0.5, 0.6) is 0 Å². The molecule has 0 aliphatic carbocycles. The molecule has 1 atom stereocenters. The quantitative estimate of drug-likeness (QED) is 0.165. The predicted octanol–water partition coefficient (Wildman–Crippen LogP) is 8.23. The lowest BCUT2D eigenvalue weighted by Gasteiger charge is -2.40. The number of benzene rings is 3. The van der Waals surface area contributed by atoms with Crippen molar-refractivity contribution in [3.8, 4) is 6.07 Å². The molecule has 0 bridgehead atoms. The first kappa shape index (κ1) is 35.1. The lowest BCUT2D eigenvalue weighted by Crippen LogP contribution is -2.46. The third-order valence-electron chi connectivity index (χ3n) is 9.05. The summed E-state index contributed by atoms with van der Waals surface area (Å²) in [7, 11) is 3.42. The maximum absolute atomic E-state index is 15.0. The van der Waals surface area contributed by atoms with Gasteiger partial charge in [-0.1, -0.05) is 46.6 Å². The van der Waals surface area contributed by atoms with Crippen molar-refractivity contribution in [3.05, 3.63) is 105 Å². The van der Waals surface area contributed by atoms with Crippen LogP contribution >= 0.6 is 23.2 Å². The number of nitrogens with one attached hydrogen (secondary N) is 2. The van der Waals surface area contributed by atoms with Crippen LogP contribution in [0, 0.1) is 17.1 Å². The van der Waals surface area contributed by atoms with Crippen LogP contribution in [0.4, 0.5) is 21.5 Å². The first-order chi connectivity index (χ1) is 23.8. The summed E-state index contributed by atoms with van der Waals surface area (Å²) in [5.74, 6) is -0.782. The fourth-order valence-corrected chi connectivity index (χ4v) is 6.75. The number of aromatic nitrogens is 4. The summed E-state index contributed by atoms with van der Waals surface area (Å²) < 4.78 is 16.9. The van der Waals surface area contributed by atoms with Gasteiger partial charge in [0.1, 0.15) is 11.8 Å². The maximum Gasteiger partial charge on any atom is 0.253 e. The van der Waals surface area contributed by atoms with E-state index in [4.69, 9.17) is 23.2 Å². The summed E-state index contributed by atoms with van der Waals surface area (Å²) in [5, 5.41) is 26.5. The zero-order valence-electron chi connectivity index (χ0n) is 28.5. The van der Waals surface area contributed by atoms with E-state index in [1.54, 1.807) is 38.4 Å². The fraction of sp³-hybridized carbons (Fsp3) is 0.324. The number of likely N-dealkylation sites (tertiary alicyclic amines) is 1. The molecule has 5 aromatic rings. The van der Waals surface area contributed by atoms with Gasteiger partial charge < -0.3 is 15.5 Å². The first-order valence-electron chi connectivity index (χ1n) is 16.3. The van der Waals surface area contributed by atoms with E-state index in [-0.39, 0.29) is 33.8 Å². The van der Waals surface area contributed by atoms with Crippen molar-refractivity contribution in [2.45, 2.75) is 51.2 Å². The van der Waals surface area contributed by atoms with E-state index >= 15 is 4.39 Å². The smallest absolute Gasteiger partial charge is 0.253 e. The number of nitrogens with zero attached hydrogens (tertiary/aromatic N) is 7. The molecule has 258 valence electrons. The van der Waals surface area contributed by atoms with Gasteiger partial charge in [-0.05, 0) is 75.6 Å². The number of fused-ring (bicyclic) bond motifs is 1. The fourth-order valence-electron chi connectivity index (χ4n) is 6.30. The molecule has 2 aromatic heterocycles. The molecule has 2 N–H and O–H groups in total. The molecule has 13 heteroatoms. The zero-order chi connectivity index (χ0) is 35.7. The molecule has 0 unspecified atom stereocenters. The second kappa shape index (κ2) is 14.2. The lowest BCUT2D eigenvalue weighted by molar-refractivity contribution is 0.0827. The molecule has 0 saturated carbocycles. The Kier molecular flexibility index (Phi) is 9.98. The Balaban J connectivity index is 1.41. The third-order valence-corrected chi connectivity index (χ3v) is 9.63. The van der Waals surface area contributed by atoms with Crippen LogP contribution < -0.4 is 10.6 Å². The van der Waals surface area contributed by atoms with E-state index in [0.717, 1.165) is 31.5 Å². The Morgan fingerprint density at radius 2 is 1.82 bits per heavy atom. The lowest BCUT2D eigenvalue weighted by atomic mass is 9.98. The van der Waals surface area contributed by atoms with Gasteiger partial charge in [-0.25, -0.2) is 9.07 Å². The topological polar surface area (TPSA) is 115 Å². The Morgan fingerprint density at radius 1 is 1.08 bits per heavy atom. The molecule has 1 saturated heterocycles. The molecule has 3 heterocycles. The van der Waals surface area contributed by atoms with E-state index in [0.29, 0.717) is 38.6 Å². The number of pyridine rings is 1. The van der Waals surface area contributed by atoms with Gasteiger partial charge in [0.2, 0.25) is 0 Å². The van der Waals surface area contributed by atoms with Gasteiger partial charge in [0, 0.05) is 55.6 Å². The number of hydrogen-bond donors (Lipinski definition) is 2. The Hall–Kier alpha value is -4.76. The standard InChI is InChI=1S/C37H38Cl2FN9O/c1-37(2,3)48-14-12-26(13-15-48)49-21-31(45-46-49)34(22-8-6-9-23(16-22)36(50)47(4)5)43-25-17-27-33(44-30-11-7-10-28(38)32(30)40)24(19-41)20-42-35(27)29(39)18-25/h6-11,16-18,20-21,26,34,43H,12-15H2,1-5H3,(H,42,44)/t34-/m0/s1. The SMILES string of the molecule is CN(C)C(=O)c1cccc([C@H](Nc2cc(Cl)c3ncc(C#N)c(Nc4cccc(Cl)c4F)c3c2)c2cn(C3CCN(C(C)(C)C)CC3)nn2)c1. The predicted molar refractivity (Wildman–Crippen MR) is 196 cm³/mol. The summed E-state index contributed by atoms with van der Waals surface area (Å²) in [6, 6.07) is 17.3. The van der Waals surface area contributed by atoms with E-state index < -0.39 is 11.9 Å². The van der Waals surface area contributed by atoms with E-state index in [1.165, 1.54) is 23.2 Å². The highest BCUT2D eigenvalue weighted by Crippen LogP contribution is 2.38. The average molecular weight is 715 g/mol. The number of anilines is 3. The van der Waals surface area contributed by atoms with Crippen molar-refractivity contribution in [1.82, 2.24) is 29.8 Å². The Bertz CT molecular complexity index is 2100. The number of amides is 1. The van der Waals surface area contributed by atoms with Crippen molar-refractivity contribution < 1.29 is 9.18 Å². The summed E-state index contributed by atoms with van der Waals surface area (Å²) in [4.78, 5) is 21.4. The summed E-state index contributed by atoms with van der Waals surface area (Å²) in [6.45, 7) is 8.62. The van der Waals surface area contributed by atoms with Gasteiger partial charge in [-0.2, -0.15) is 5.26 Å². The van der Waals surface area contributed by atoms with Crippen molar-refractivity contribution in [1.29, 1.82) is 5.26 Å². The molecule has 50 heavy (non-hydrogen) atoms. The summed E-state index contributed by atoms with van der Waals surface area (Å²) >= 11 is 12.9. The highest BCUT2D eigenvalue weighted by Gasteiger charge is 2.29. The molecule has 0 radical (unpaired) electrons. The second-order valence-corrected chi connectivity index (χ2v) is 14.5. The molecule has 1 aliphatic heterocycles. The van der Waals surface area contributed by atoms with Crippen molar-refractivity contribution >= 4 is 57.1 Å². The number of carbonyl (C=O) groups excluding carboxylic acids is 1. The number of carbonyl (C=O) groups is 1. The van der Waals surface area contributed by atoms with Crippen LogP contribution in [0.3, 0.4) is 0 Å². The van der Waals surface area contributed by atoms with Crippen molar-refractivity contribution in [2.75, 3.05) is 37.8 Å². The summed E-state index contributed by atoms with van der Waals surface area (Å²) in [5.41, 5.74) is 3.68. The highest BCUT2D eigenvalue weighted by molar-refractivity contribution is 6.36. The molecule has 1 fully saturated rings. The summed E-state index contributed by atoms with van der Waals surface area (Å²) in [6.07, 6.45) is 5.25. The van der Waals surface area contributed by atoms with Gasteiger partial charge in [0.05, 0.1) is 50.8 Å². The Labute approximate surface area is 300 Å². The van der Waals surface area contributed by atoms with Crippen LogP contribution in [0.2, 0.25) is 10.0 Å². The number of nitriles is 1. The molecular formula is C37H38Cl2FN9O. The number of rotatable bonds is 8. The van der Waals surface area contributed by atoms with Gasteiger partial charge in [0.25, 0.3) is 5.91 Å². The van der Waals surface area contributed by atoms with Crippen LogP contribution in [0.1, 0.15) is 72.9 Å². The largest absolute Gasteiger partial charge is 0.373 e. The second-order valence-electron chi connectivity index (χ2n) is 13.7. The minimum Gasteiger partial charge on any atom is -0.373 e. The van der Waals surface area contributed by atoms with E-state index in [9.17, 15) is 10.1 Å². The van der Waals surface area contributed by atoms with Crippen molar-refractivity contribution in [3.63, 3.8) is 0 Å². The minimum absolute atomic E-state index is 0.0575. The van der Waals surface area contributed by atoms with Crippen LogP contribution in [0.15, 0.2) is 67.0 Å². The molecule has 3 aromatic carbocycles. The monoisotopic (exact) mass is 713 g/mol. The third kappa shape index (κ3) is 7.24. The van der Waals surface area contributed by atoms with Crippen molar-refractivity contribution in [2.24, 2.45) is 0 Å². The first-order valence-corrected chi connectivity index (χ1v) is 17.1. The van der Waals surface area contributed by atoms with Crippen LogP contribution in [-0.4, -0.2) is 68.4 Å².